The van der Waals surface area contributed by atoms with Crippen LogP contribution in [0.4, 0.5) is 0 Å². The van der Waals surface area contributed by atoms with E-state index in [1.54, 1.807) is 0 Å². The van der Waals surface area contributed by atoms with Crippen molar-refractivity contribution in [3.63, 3.8) is 0 Å². The number of likely N-dealkylation sites (tertiary alicyclic amines) is 1. The molecule has 7 heteroatoms. The summed E-state index contributed by atoms with van der Waals surface area (Å²) in [6.45, 7) is 2.17. The molecular formula is C21H22Cl2N2O3. The van der Waals surface area contributed by atoms with E-state index in [-0.39, 0.29) is 11.5 Å². The van der Waals surface area contributed by atoms with Gasteiger partial charge in [0.25, 0.3) is 0 Å². The lowest BCUT2D eigenvalue weighted by molar-refractivity contribution is -0.119. The topological polar surface area (TPSA) is 55.6 Å². The van der Waals surface area contributed by atoms with Gasteiger partial charge in [-0.2, -0.15) is 0 Å². The Bertz CT molecular complexity index is 883. The summed E-state index contributed by atoms with van der Waals surface area (Å²) < 4.78 is 11.9. The first kappa shape index (κ1) is 18.5. The lowest BCUT2D eigenvalue weighted by Gasteiger charge is -2.44. The number of halogens is 2. The van der Waals surface area contributed by atoms with Gasteiger partial charge in [-0.25, -0.2) is 0 Å². The van der Waals surface area contributed by atoms with Gasteiger partial charge in [0, 0.05) is 30.1 Å². The predicted molar refractivity (Wildman–Crippen MR) is 106 cm³/mol. The van der Waals surface area contributed by atoms with Crippen molar-refractivity contribution in [2.24, 2.45) is 5.41 Å². The first-order valence-electron chi connectivity index (χ1n) is 9.82. The zero-order valence-corrected chi connectivity index (χ0v) is 17.0. The molecule has 1 aliphatic heterocycles. The van der Waals surface area contributed by atoms with Crippen LogP contribution in [0, 0.1) is 5.41 Å². The standard InChI is InChI=1S/C21H22Cl2N2O3/c22-16-2-1-3-17(23)18(16)19-15(20(28-24-19)13-4-5-13)10-27-14-8-21(9-14)6-7-25(11-21)12-26/h1-3,12-14H,4-11H2. The maximum atomic E-state index is 11.0. The van der Waals surface area contributed by atoms with Crippen LogP contribution in [-0.2, 0) is 16.1 Å². The monoisotopic (exact) mass is 420 g/mol. The molecule has 2 aromatic rings. The molecule has 0 N–H and O–H groups in total. The third-order valence-corrected chi connectivity index (χ3v) is 7.00. The highest BCUT2D eigenvalue weighted by molar-refractivity contribution is 6.39. The number of hydrogen-bond donors (Lipinski definition) is 0. The van der Waals surface area contributed by atoms with Crippen molar-refractivity contribution in [1.29, 1.82) is 0 Å². The summed E-state index contributed by atoms with van der Waals surface area (Å²) in [6, 6.07) is 5.45. The van der Waals surface area contributed by atoms with Gasteiger partial charge >= 0.3 is 0 Å². The van der Waals surface area contributed by atoms with Crippen molar-refractivity contribution in [2.45, 2.75) is 50.7 Å². The average Bonchev–Trinajstić information content (AvgIpc) is 3.26. The van der Waals surface area contributed by atoms with Crippen molar-refractivity contribution < 1.29 is 14.1 Å². The number of amides is 1. The van der Waals surface area contributed by atoms with Crippen molar-refractivity contribution in [2.75, 3.05) is 13.1 Å². The molecule has 0 unspecified atom stereocenters. The Morgan fingerprint density at radius 1 is 1.29 bits per heavy atom. The summed E-state index contributed by atoms with van der Waals surface area (Å²) in [5.74, 6) is 1.33. The van der Waals surface area contributed by atoms with Gasteiger partial charge in [-0.05, 0) is 49.7 Å². The molecule has 1 amide bonds. The van der Waals surface area contributed by atoms with Crippen LogP contribution in [0.2, 0.25) is 10.0 Å². The molecule has 1 aromatic heterocycles. The number of aromatic nitrogens is 1. The van der Waals surface area contributed by atoms with Gasteiger partial charge in [-0.15, -0.1) is 0 Å². The number of carbonyl (C=O) groups is 1. The molecule has 1 aromatic carbocycles. The fraction of sp³-hybridized carbons (Fsp3) is 0.524. The van der Waals surface area contributed by atoms with E-state index < -0.39 is 0 Å². The quantitative estimate of drug-likeness (QED) is 0.613. The van der Waals surface area contributed by atoms with Gasteiger partial charge in [0.1, 0.15) is 11.5 Å². The third kappa shape index (κ3) is 3.23. The Hall–Kier alpha value is -1.56. The maximum Gasteiger partial charge on any atom is 0.209 e. The fourth-order valence-corrected chi connectivity index (χ4v) is 5.24. The van der Waals surface area contributed by atoms with Gasteiger partial charge in [0.15, 0.2) is 0 Å². The van der Waals surface area contributed by atoms with E-state index in [2.05, 4.69) is 5.16 Å². The van der Waals surface area contributed by atoms with Crippen LogP contribution in [0.1, 0.15) is 49.3 Å². The van der Waals surface area contributed by atoms with Crippen LogP contribution in [0.3, 0.4) is 0 Å². The molecule has 5 rings (SSSR count). The first-order chi connectivity index (χ1) is 13.6. The minimum atomic E-state index is 0.211. The van der Waals surface area contributed by atoms with Gasteiger partial charge < -0.3 is 14.2 Å². The minimum Gasteiger partial charge on any atom is -0.373 e. The van der Waals surface area contributed by atoms with Gasteiger partial charge in [0.2, 0.25) is 6.41 Å². The molecule has 3 aliphatic rings. The predicted octanol–water partition coefficient (Wildman–Crippen LogP) is 5.05. The van der Waals surface area contributed by atoms with E-state index in [1.165, 1.54) is 0 Å². The largest absolute Gasteiger partial charge is 0.373 e. The van der Waals surface area contributed by atoms with Crippen LogP contribution in [0.5, 0.6) is 0 Å². The number of rotatable bonds is 6. The second-order valence-electron chi connectivity index (χ2n) is 8.41. The molecule has 28 heavy (non-hydrogen) atoms. The second kappa shape index (κ2) is 7.05. The summed E-state index contributed by atoms with van der Waals surface area (Å²) in [4.78, 5) is 12.9. The van der Waals surface area contributed by atoms with Gasteiger partial charge in [0.05, 0.1) is 22.8 Å². The lowest BCUT2D eigenvalue weighted by Crippen LogP contribution is -2.44. The molecule has 5 nitrogen and oxygen atoms in total. The molecule has 1 saturated heterocycles. The molecule has 148 valence electrons. The molecule has 0 atom stereocenters. The summed E-state index contributed by atoms with van der Waals surface area (Å²) in [5, 5.41) is 5.44. The molecule has 2 saturated carbocycles. The Morgan fingerprint density at radius 2 is 2.04 bits per heavy atom. The van der Waals surface area contributed by atoms with Crippen molar-refractivity contribution in [1.82, 2.24) is 10.1 Å². The van der Waals surface area contributed by atoms with Gasteiger partial charge in [-0.3, -0.25) is 4.79 Å². The lowest BCUT2D eigenvalue weighted by atomic mass is 9.66. The summed E-state index contributed by atoms with van der Waals surface area (Å²) in [6.07, 6.45) is 6.49. The maximum absolute atomic E-state index is 11.0. The second-order valence-corrected chi connectivity index (χ2v) is 9.23. The minimum absolute atomic E-state index is 0.211. The number of hydrogen-bond acceptors (Lipinski definition) is 4. The molecule has 2 heterocycles. The van der Waals surface area contributed by atoms with Crippen LogP contribution >= 0.6 is 23.2 Å². The normalized spacial score (nSPS) is 26.6. The summed E-state index contributed by atoms with van der Waals surface area (Å²) in [5.41, 5.74) is 2.63. The Balaban J connectivity index is 1.33. The van der Waals surface area contributed by atoms with E-state index in [1.807, 2.05) is 23.1 Å². The number of benzene rings is 1. The highest BCUT2D eigenvalue weighted by Gasteiger charge is 2.49. The average molecular weight is 421 g/mol. The zero-order valence-electron chi connectivity index (χ0n) is 15.5. The van der Waals surface area contributed by atoms with Gasteiger partial charge in [-0.1, -0.05) is 34.4 Å². The van der Waals surface area contributed by atoms with Crippen LogP contribution < -0.4 is 0 Å². The number of nitrogens with zero attached hydrogens (tertiary/aromatic N) is 2. The Kier molecular flexibility index (Phi) is 4.65. The van der Waals surface area contributed by atoms with E-state index >= 15 is 0 Å². The number of carbonyl (C=O) groups excluding carboxylic acids is 1. The molecule has 1 spiro atoms. The van der Waals surface area contributed by atoms with Crippen molar-refractivity contribution in [3.05, 3.63) is 39.6 Å². The van der Waals surface area contributed by atoms with Crippen LogP contribution in [0.25, 0.3) is 11.3 Å². The molecule has 2 aliphatic carbocycles. The van der Waals surface area contributed by atoms with Crippen LogP contribution in [-0.4, -0.2) is 35.7 Å². The van der Waals surface area contributed by atoms with Crippen molar-refractivity contribution >= 4 is 29.6 Å². The summed E-state index contributed by atoms with van der Waals surface area (Å²) in [7, 11) is 0. The molecule has 0 bridgehead atoms. The highest BCUT2D eigenvalue weighted by atomic mass is 35.5. The first-order valence-corrected chi connectivity index (χ1v) is 10.6. The zero-order chi connectivity index (χ0) is 19.3. The van der Waals surface area contributed by atoms with E-state index in [0.717, 1.165) is 62.9 Å². The fourth-order valence-electron chi connectivity index (χ4n) is 4.67. The highest BCUT2D eigenvalue weighted by Crippen LogP contribution is 2.50. The molecular weight excluding hydrogens is 399 g/mol. The Morgan fingerprint density at radius 3 is 2.68 bits per heavy atom. The van der Waals surface area contributed by atoms with E-state index in [0.29, 0.717) is 33.8 Å². The van der Waals surface area contributed by atoms with Crippen LogP contribution in [0.15, 0.2) is 22.7 Å². The van der Waals surface area contributed by atoms with Crippen molar-refractivity contribution in [3.8, 4) is 11.3 Å². The summed E-state index contributed by atoms with van der Waals surface area (Å²) >= 11 is 12.8. The van der Waals surface area contributed by atoms with E-state index in [4.69, 9.17) is 32.5 Å². The molecule has 3 fully saturated rings. The SMILES string of the molecule is O=CN1CCC2(CC(OCc3c(-c4c(Cl)cccc4Cl)noc3C3CC3)C2)C1. The van der Waals surface area contributed by atoms with E-state index in [9.17, 15) is 4.79 Å². The molecule has 0 radical (unpaired) electrons. The smallest absolute Gasteiger partial charge is 0.209 e. The third-order valence-electron chi connectivity index (χ3n) is 6.37. The Labute approximate surface area is 173 Å². The number of ether oxygens (including phenoxy) is 1.